The maximum atomic E-state index is 11.4. The highest BCUT2D eigenvalue weighted by molar-refractivity contribution is 5.91. The summed E-state index contributed by atoms with van der Waals surface area (Å²) in [7, 11) is 0. The van der Waals surface area contributed by atoms with Crippen LogP contribution in [0.1, 0.15) is 24.4 Å². The Bertz CT molecular complexity index is 411. The number of halogens is 1. The fourth-order valence-electron chi connectivity index (χ4n) is 1.51. The third-order valence-electron chi connectivity index (χ3n) is 2.59. The molecule has 18 heavy (non-hydrogen) atoms. The molecular formula is C13H19ClN2O2. The predicted molar refractivity (Wildman–Crippen MR) is 73.8 cm³/mol. The van der Waals surface area contributed by atoms with E-state index >= 15 is 0 Å². The van der Waals surface area contributed by atoms with Crippen LogP contribution in [-0.2, 0) is 4.79 Å². The quantitative estimate of drug-likeness (QED) is 0.613. The first kappa shape index (κ1) is 14.8. The molecule has 0 aromatic carbocycles. The molecule has 1 fully saturated rings. The molecule has 5 heteroatoms. The van der Waals surface area contributed by atoms with Crippen molar-refractivity contribution >= 4 is 24.4 Å². The highest BCUT2D eigenvalue weighted by Gasteiger charge is 2.19. The number of nitrogens with one attached hydrogen (secondary N) is 2. The Hall–Kier alpha value is -1.26. The number of carbonyl (C=O) groups is 1. The van der Waals surface area contributed by atoms with Crippen molar-refractivity contribution in [3.05, 3.63) is 29.7 Å². The lowest BCUT2D eigenvalue weighted by Gasteiger charge is -2.02. The van der Waals surface area contributed by atoms with Gasteiger partial charge in [-0.15, -0.1) is 12.4 Å². The van der Waals surface area contributed by atoms with E-state index in [1.165, 1.54) is 18.9 Å². The average molecular weight is 271 g/mol. The van der Waals surface area contributed by atoms with E-state index in [1.807, 2.05) is 19.1 Å². The Morgan fingerprint density at radius 3 is 2.83 bits per heavy atom. The lowest BCUT2D eigenvalue weighted by molar-refractivity contribution is -0.116. The molecule has 4 nitrogen and oxygen atoms in total. The van der Waals surface area contributed by atoms with Gasteiger partial charge in [-0.2, -0.15) is 0 Å². The molecule has 100 valence electrons. The van der Waals surface area contributed by atoms with Crippen LogP contribution >= 0.6 is 12.4 Å². The normalized spacial score (nSPS) is 14.5. The number of hydrogen-bond donors (Lipinski definition) is 2. The largest absolute Gasteiger partial charge is 0.462 e. The van der Waals surface area contributed by atoms with Crippen LogP contribution in [0.4, 0.5) is 0 Å². The topological polar surface area (TPSA) is 54.3 Å². The maximum Gasteiger partial charge on any atom is 0.244 e. The summed E-state index contributed by atoms with van der Waals surface area (Å²) < 4.78 is 5.32. The zero-order valence-electron chi connectivity index (χ0n) is 10.4. The minimum Gasteiger partial charge on any atom is -0.462 e. The van der Waals surface area contributed by atoms with Crippen LogP contribution < -0.4 is 10.6 Å². The van der Waals surface area contributed by atoms with Crippen molar-refractivity contribution in [3.63, 3.8) is 0 Å². The molecule has 0 atom stereocenters. The van der Waals surface area contributed by atoms with Gasteiger partial charge >= 0.3 is 0 Å². The second-order valence-electron chi connectivity index (χ2n) is 4.30. The first-order valence-electron chi connectivity index (χ1n) is 6.00. The predicted octanol–water partition coefficient (Wildman–Crippen LogP) is 1.89. The van der Waals surface area contributed by atoms with Gasteiger partial charge in [0.2, 0.25) is 5.91 Å². The van der Waals surface area contributed by atoms with Crippen LogP contribution in [-0.4, -0.2) is 25.0 Å². The van der Waals surface area contributed by atoms with Gasteiger partial charge in [-0.1, -0.05) is 0 Å². The molecule has 1 saturated carbocycles. The van der Waals surface area contributed by atoms with Gasteiger partial charge in [0.1, 0.15) is 11.5 Å². The summed E-state index contributed by atoms with van der Waals surface area (Å²) in [5.74, 6) is 1.46. The Balaban J connectivity index is 0.00000162. The highest BCUT2D eigenvalue weighted by atomic mass is 35.5. The zero-order valence-corrected chi connectivity index (χ0v) is 11.3. The minimum atomic E-state index is -0.0864. The van der Waals surface area contributed by atoms with E-state index in [0.29, 0.717) is 18.3 Å². The monoisotopic (exact) mass is 270 g/mol. The Labute approximate surface area is 113 Å². The van der Waals surface area contributed by atoms with Crippen molar-refractivity contribution in [1.82, 2.24) is 10.6 Å². The average Bonchev–Trinajstić information content (AvgIpc) is 3.04. The smallest absolute Gasteiger partial charge is 0.244 e. The second-order valence-corrected chi connectivity index (χ2v) is 4.30. The van der Waals surface area contributed by atoms with Crippen molar-refractivity contribution in [2.24, 2.45) is 0 Å². The van der Waals surface area contributed by atoms with Gasteiger partial charge in [0.15, 0.2) is 0 Å². The SMILES string of the molecule is Cc1ccc(C=CC(=O)NCCNC2CC2)o1.Cl. The molecule has 1 heterocycles. The first-order valence-corrected chi connectivity index (χ1v) is 6.00. The molecule has 1 aliphatic rings. The molecule has 1 aromatic rings. The van der Waals surface area contributed by atoms with Gasteiger partial charge in [0.05, 0.1) is 0 Å². The number of furan rings is 1. The molecule has 2 N–H and O–H groups in total. The second kappa shape index (κ2) is 7.24. The Morgan fingerprint density at radius 1 is 1.44 bits per heavy atom. The number of aryl methyl sites for hydroxylation is 1. The van der Waals surface area contributed by atoms with E-state index in [9.17, 15) is 4.79 Å². The molecule has 0 bridgehead atoms. The summed E-state index contributed by atoms with van der Waals surface area (Å²) in [5.41, 5.74) is 0. The van der Waals surface area contributed by atoms with Gasteiger partial charge in [-0.05, 0) is 38.0 Å². The number of amides is 1. The maximum absolute atomic E-state index is 11.4. The highest BCUT2D eigenvalue weighted by Crippen LogP contribution is 2.17. The zero-order chi connectivity index (χ0) is 12.1. The third kappa shape index (κ3) is 5.38. The van der Waals surface area contributed by atoms with E-state index in [1.54, 1.807) is 6.08 Å². The summed E-state index contributed by atoms with van der Waals surface area (Å²) in [5, 5.41) is 6.14. The van der Waals surface area contributed by atoms with Gasteiger partial charge in [-0.25, -0.2) is 0 Å². The van der Waals surface area contributed by atoms with Crippen molar-refractivity contribution < 1.29 is 9.21 Å². The van der Waals surface area contributed by atoms with Gasteiger partial charge in [0.25, 0.3) is 0 Å². The molecule has 1 aromatic heterocycles. The van der Waals surface area contributed by atoms with Crippen molar-refractivity contribution in [2.75, 3.05) is 13.1 Å². The number of carbonyl (C=O) groups excluding carboxylic acids is 1. The number of hydrogen-bond acceptors (Lipinski definition) is 3. The molecular weight excluding hydrogens is 252 g/mol. The molecule has 2 rings (SSSR count). The van der Waals surface area contributed by atoms with Crippen molar-refractivity contribution in [2.45, 2.75) is 25.8 Å². The lowest BCUT2D eigenvalue weighted by Crippen LogP contribution is -2.31. The van der Waals surface area contributed by atoms with E-state index in [-0.39, 0.29) is 18.3 Å². The van der Waals surface area contributed by atoms with Gasteiger partial charge in [-0.3, -0.25) is 4.79 Å². The van der Waals surface area contributed by atoms with Crippen LogP contribution in [0, 0.1) is 6.92 Å². The fourth-order valence-corrected chi connectivity index (χ4v) is 1.51. The van der Waals surface area contributed by atoms with E-state index in [0.717, 1.165) is 12.3 Å². The third-order valence-corrected chi connectivity index (χ3v) is 2.59. The molecule has 0 aliphatic heterocycles. The molecule has 1 amide bonds. The van der Waals surface area contributed by atoms with Gasteiger partial charge < -0.3 is 15.1 Å². The molecule has 0 spiro atoms. The molecule has 1 aliphatic carbocycles. The Kier molecular flexibility index (Phi) is 5.95. The first-order chi connectivity index (χ1) is 8.24. The van der Waals surface area contributed by atoms with Crippen LogP contribution in [0.5, 0.6) is 0 Å². The standard InChI is InChI=1S/C13H18N2O2.ClH/c1-10-2-5-12(17-10)6-7-13(16)15-9-8-14-11-3-4-11;/h2,5-7,11,14H,3-4,8-9H2,1H3,(H,15,16);1H. The summed E-state index contributed by atoms with van der Waals surface area (Å²) >= 11 is 0. The molecule has 0 radical (unpaired) electrons. The van der Waals surface area contributed by atoms with Crippen LogP contribution in [0.15, 0.2) is 22.6 Å². The lowest BCUT2D eigenvalue weighted by atomic mass is 10.4. The fraction of sp³-hybridized carbons (Fsp3) is 0.462. The summed E-state index contributed by atoms with van der Waals surface area (Å²) in [6.45, 7) is 3.38. The van der Waals surface area contributed by atoms with Crippen molar-refractivity contribution in [3.8, 4) is 0 Å². The Morgan fingerprint density at radius 2 is 2.22 bits per heavy atom. The summed E-state index contributed by atoms with van der Waals surface area (Å²) in [4.78, 5) is 11.4. The van der Waals surface area contributed by atoms with Crippen molar-refractivity contribution in [1.29, 1.82) is 0 Å². The van der Waals surface area contributed by atoms with E-state index in [2.05, 4.69) is 10.6 Å². The van der Waals surface area contributed by atoms with E-state index in [4.69, 9.17) is 4.42 Å². The van der Waals surface area contributed by atoms with Crippen LogP contribution in [0.2, 0.25) is 0 Å². The van der Waals surface area contributed by atoms with Gasteiger partial charge in [0, 0.05) is 25.2 Å². The summed E-state index contributed by atoms with van der Waals surface area (Å²) in [6, 6.07) is 4.40. The summed E-state index contributed by atoms with van der Waals surface area (Å²) in [6.07, 6.45) is 5.71. The number of rotatable bonds is 6. The van der Waals surface area contributed by atoms with Crippen LogP contribution in [0.25, 0.3) is 6.08 Å². The minimum absolute atomic E-state index is 0. The van der Waals surface area contributed by atoms with Crippen LogP contribution in [0.3, 0.4) is 0 Å². The molecule has 0 unspecified atom stereocenters. The molecule has 0 saturated heterocycles. The van der Waals surface area contributed by atoms with E-state index < -0.39 is 0 Å².